The zero-order valence-electron chi connectivity index (χ0n) is 12.1. The molecule has 0 unspecified atom stereocenters. The van der Waals surface area contributed by atoms with Crippen LogP contribution in [-0.2, 0) is 23.8 Å². The van der Waals surface area contributed by atoms with Crippen LogP contribution in [0.1, 0.15) is 13.8 Å². The van der Waals surface area contributed by atoms with Crippen molar-refractivity contribution in [3.63, 3.8) is 0 Å². The fourth-order valence-electron chi connectivity index (χ4n) is 1.52. The molecule has 0 atom stereocenters. The van der Waals surface area contributed by atoms with Gasteiger partial charge in [0.2, 0.25) is 0 Å². The van der Waals surface area contributed by atoms with Crippen molar-refractivity contribution in [2.45, 2.75) is 19.4 Å². The van der Waals surface area contributed by atoms with Gasteiger partial charge in [-0.25, -0.2) is 9.59 Å². The summed E-state index contributed by atoms with van der Waals surface area (Å²) >= 11 is 0. The smallest absolute Gasteiger partial charge is 0.351 e. The highest BCUT2D eigenvalue weighted by atomic mass is 16.6. The molecular formula is C13H23NO5. The lowest BCUT2D eigenvalue weighted by Crippen LogP contribution is -2.57. The summed E-state index contributed by atoms with van der Waals surface area (Å²) in [5, 5.41) is 0. The predicted molar refractivity (Wildman–Crippen MR) is 70.7 cm³/mol. The standard InChI is InChI=1S/C13H23NO5/c1-6-9-19-13(10-14(4)5,11(15)17-7-2)12(16)18-8-3/h6H,1,7-10H2,2-5H3. The summed E-state index contributed by atoms with van der Waals surface area (Å²) in [5.41, 5.74) is -1.77. The molecule has 0 fully saturated rings. The molecule has 110 valence electrons. The van der Waals surface area contributed by atoms with Gasteiger partial charge in [0.25, 0.3) is 5.60 Å². The lowest BCUT2D eigenvalue weighted by atomic mass is 10.0. The van der Waals surface area contributed by atoms with Crippen molar-refractivity contribution < 1.29 is 23.8 Å². The van der Waals surface area contributed by atoms with Gasteiger partial charge < -0.3 is 19.1 Å². The molecule has 6 nitrogen and oxygen atoms in total. The van der Waals surface area contributed by atoms with Crippen molar-refractivity contribution in [2.75, 3.05) is 40.5 Å². The molecule has 0 aliphatic heterocycles. The van der Waals surface area contributed by atoms with E-state index in [-0.39, 0.29) is 26.4 Å². The summed E-state index contributed by atoms with van der Waals surface area (Å²) in [6.07, 6.45) is 1.46. The molecule has 6 heteroatoms. The molecule has 0 bridgehead atoms. The van der Waals surface area contributed by atoms with Crippen molar-refractivity contribution in [1.29, 1.82) is 0 Å². The lowest BCUT2D eigenvalue weighted by Gasteiger charge is -2.31. The van der Waals surface area contributed by atoms with Gasteiger partial charge in [0.05, 0.1) is 19.8 Å². The van der Waals surface area contributed by atoms with E-state index >= 15 is 0 Å². The van der Waals surface area contributed by atoms with Crippen LogP contribution in [0.25, 0.3) is 0 Å². The number of rotatable bonds is 9. The van der Waals surface area contributed by atoms with Crippen LogP contribution in [0.4, 0.5) is 0 Å². The first kappa shape index (κ1) is 17.6. The minimum Gasteiger partial charge on any atom is -0.463 e. The third-order valence-electron chi connectivity index (χ3n) is 2.20. The molecule has 0 radical (unpaired) electrons. The van der Waals surface area contributed by atoms with Gasteiger partial charge in [0.15, 0.2) is 0 Å². The zero-order valence-corrected chi connectivity index (χ0v) is 12.1. The number of carbonyl (C=O) groups is 2. The Bertz CT molecular complexity index is 296. The van der Waals surface area contributed by atoms with E-state index in [9.17, 15) is 9.59 Å². The van der Waals surface area contributed by atoms with Crippen LogP contribution < -0.4 is 0 Å². The normalized spacial score (nSPS) is 11.2. The van der Waals surface area contributed by atoms with Gasteiger partial charge >= 0.3 is 11.9 Å². The second kappa shape index (κ2) is 8.66. The van der Waals surface area contributed by atoms with Crippen molar-refractivity contribution in [3.8, 4) is 0 Å². The molecule has 0 heterocycles. The Balaban J connectivity index is 5.34. The van der Waals surface area contributed by atoms with E-state index < -0.39 is 17.5 Å². The van der Waals surface area contributed by atoms with Gasteiger partial charge in [-0.2, -0.15) is 0 Å². The van der Waals surface area contributed by atoms with Gasteiger partial charge in [-0.05, 0) is 27.9 Å². The number of hydrogen-bond acceptors (Lipinski definition) is 6. The van der Waals surface area contributed by atoms with Crippen molar-refractivity contribution in [3.05, 3.63) is 12.7 Å². The topological polar surface area (TPSA) is 65.1 Å². The van der Waals surface area contributed by atoms with E-state index in [4.69, 9.17) is 14.2 Å². The third kappa shape index (κ3) is 5.00. The summed E-state index contributed by atoms with van der Waals surface area (Å²) in [5.74, 6) is -1.49. The Morgan fingerprint density at radius 2 is 1.63 bits per heavy atom. The summed E-state index contributed by atoms with van der Waals surface area (Å²) in [4.78, 5) is 25.9. The highest BCUT2D eigenvalue weighted by molar-refractivity contribution is 6.04. The first-order chi connectivity index (χ1) is 8.94. The second-order valence-corrected chi connectivity index (χ2v) is 4.11. The third-order valence-corrected chi connectivity index (χ3v) is 2.20. The average Bonchev–Trinajstić information content (AvgIpc) is 2.34. The quantitative estimate of drug-likeness (QED) is 0.348. The van der Waals surface area contributed by atoms with E-state index in [0.717, 1.165) is 0 Å². The molecule has 0 aliphatic rings. The predicted octanol–water partition coefficient (Wildman–Crippen LogP) is 0.616. The van der Waals surface area contributed by atoms with Gasteiger partial charge in [0.1, 0.15) is 0 Å². The first-order valence-corrected chi connectivity index (χ1v) is 6.18. The average molecular weight is 273 g/mol. The maximum absolute atomic E-state index is 12.1. The van der Waals surface area contributed by atoms with E-state index in [1.807, 2.05) is 0 Å². The minimum absolute atomic E-state index is 0.0402. The molecule has 0 saturated carbocycles. The molecule has 0 spiro atoms. The Labute approximate surface area is 114 Å². The molecule has 0 aliphatic carbocycles. The Morgan fingerprint density at radius 1 is 1.16 bits per heavy atom. The van der Waals surface area contributed by atoms with Crippen molar-refractivity contribution >= 4 is 11.9 Å². The SMILES string of the molecule is C=CCOC(CN(C)C)(C(=O)OCC)C(=O)OCC. The molecule has 0 aromatic carbocycles. The van der Waals surface area contributed by atoms with Gasteiger partial charge in [-0.3, -0.25) is 0 Å². The molecule has 0 saturated heterocycles. The molecule has 0 aromatic rings. The van der Waals surface area contributed by atoms with Crippen molar-refractivity contribution in [2.24, 2.45) is 0 Å². The minimum atomic E-state index is -1.77. The van der Waals surface area contributed by atoms with Crippen molar-refractivity contribution in [1.82, 2.24) is 4.90 Å². The number of hydrogen-bond donors (Lipinski definition) is 0. The molecule has 0 amide bonds. The number of esters is 2. The van der Waals surface area contributed by atoms with E-state index in [1.54, 1.807) is 32.8 Å². The van der Waals surface area contributed by atoms with E-state index in [1.165, 1.54) is 6.08 Å². The number of ether oxygens (including phenoxy) is 3. The summed E-state index contributed by atoms with van der Waals surface area (Å²) in [6, 6.07) is 0. The summed E-state index contributed by atoms with van der Waals surface area (Å²) in [6.45, 7) is 7.24. The van der Waals surface area contributed by atoms with Gasteiger partial charge in [-0.1, -0.05) is 6.08 Å². The fraction of sp³-hybridized carbons (Fsp3) is 0.692. The van der Waals surface area contributed by atoms with Gasteiger partial charge in [-0.15, -0.1) is 6.58 Å². The van der Waals surface area contributed by atoms with Crippen LogP contribution in [-0.4, -0.2) is 62.9 Å². The van der Waals surface area contributed by atoms with E-state index in [0.29, 0.717) is 0 Å². The summed E-state index contributed by atoms with van der Waals surface area (Å²) in [7, 11) is 3.45. The lowest BCUT2D eigenvalue weighted by molar-refractivity contribution is -0.191. The van der Waals surface area contributed by atoms with Crippen LogP contribution in [0, 0.1) is 0 Å². The van der Waals surface area contributed by atoms with E-state index in [2.05, 4.69) is 6.58 Å². The Hall–Kier alpha value is -1.40. The molecule has 19 heavy (non-hydrogen) atoms. The Morgan fingerprint density at radius 3 is 1.95 bits per heavy atom. The van der Waals surface area contributed by atoms with Crippen LogP contribution >= 0.6 is 0 Å². The highest BCUT2D eigenvalue weighted by Gasteiger charge is 2.50. The van der Waals surface area contributed by atoms with Crippen LogP contribution in [0.3, 0.4) is 0 Å². The maximum atomic E-state index is 12.1. The highest BCUT2D eigenvalue weighted by Crippen LogP contribution is 2.18. The monoisotopic (exact) mass is 273 g/mol. The number of carbonyl (C=O) groups excluding carboxylic acids is 2. The molecule has 0 aromatic heterocycles. The summed E-state index contributed by atoms with van der Waals surface area (Å²) < 4.78 is 15.3. The number of nitrogens with zero attached hydrogens (tertiary/aromatic N) is 1. The molecular weight excluding hydrogens is 250 g/mol. The largest absolute Gasteiger partial charge is 0.463 e. The van der Waals surface area contributed by atoms with Crippen LogP contribution in [0.5, 0.6) is 0 Å². The second-order valence-electron chi connectivity index (χ2n) is 4.11. The fourth-order valence-corrected chi connectivity index (χ4v) is 1.52. The number of likely N-dealkylation sites (N-methyl/N-ethyl adjacent to an activating group) is 1. The van der Waals surface area contributed by atoms with Gasteiger partial charge in [0, 0.05) is 6.54 Å². The molecule has 0 N–H and O–H groups in total. The van der Waals surface area contributed by atoms with Crippen LogP contribution in [0.2, 0.25) is 0 Å². The molecule has 0 rings (SSSR count). The van der Waals surface area contributed by atoms with Crippen LogP contribution in [0.15, 0.2) is 12.7 Å². The zero-order chi connectivity index (χ0) is 14.9. The first-order valence-electron chi connectivity index (χ1n) is 6.18. The maximum Gasteiger partial charge on any atom is 0.351 e. The Kier molecular flexibility index (Phi) is 8.02.